The third-order valence-corrected chi connectivity index (χ3v) is 0.599. The van der Waals surface area contributed by atoms with E-state index in [0.717, 1.165) is 0 Å². The van der Waals surface area contributed by atoms with Crippen LogP contribution in [0.2, 0.25) is 0 Å². The Labute approximate surface area is 43.2 Å². The Morgan fingerprint density at radius 2 is 2.43 bits per heavy atom. The van der Waals surface area contributed by atoms with Crippen molar-refractivity contribution < 1.29 is 4.39 Å². The van der Waals surface area contributed by atoms with Gasteiger partial charge in [-0.1, -0.05) is 6.58 Å². The number of rotatable bonds is 4. The van der Waals surface area contributed by atoms with Crippen LogP contribution >= 0.6 is 0 Å². The Morgan fingerprint density at radius 1 is 1.71 bits per heavy atom. The Morgan fingerprint density at radius 3 is 2.86 bits per heavy atom. The van der Waals surface area contributed by atoms with Gasteiger partial charge in [0, 0.05) is 6.54 Å². The molecule has 0 saturated heterocycles. The molecule has 0 heterocycles. The molecule has 42 valence electrons. The van der Waals surface area contributed by atoms with Crippen LogP contribution in [0.4, 0.5) is 4.39 Å². The predicted molar refractivity (Wildman–Crippen MR) is 28.8 cm³/mol. The first kappa shape index (κ1) is 6.47. The van der Waals surface area contributed by atoms with Crippen LogP contribution in [0.1, 0.15) is 6.42 Å². The van der Waals surface area contributed by atoms with Gasteiger partial charge in [0.1, 0.15) is 0 Å². The van der Waals surface area contributed by atoms with E-state index < -0.39 is 0 Å². The lowest BCUT2D eigenvalue weighted by molar-refractivity contribution is 0.469. The first-order valence-corrected chi connectivity index (χ1v) is 2.32. The van der Waals surface area contributed by atoms with Gasteiger partial charge in [-0.25, -0.2) is 0 Å². The quantitative estimate of drug-likeness (QED) is 0.525. The number of halogens is 1. The van der Waals surface area contributed by atoms with Crippen LogP contribution in [0, 0.1) is 0 Å². The van der Waals surface area contributed by atoms with E-state index in [1.54, 1.807) is 6.20 Å². The molecule has 0 aliphatic heterocycles. The number of hydrogen-bond acceptors (Lipinski definition) is 1. The van der Waals surface area contributed by atoms with Crippen molar-refractivity contribution in [1.29, 1.82) is 0 Å². The van der Waals surface area contributed by atoms with Gasteiger partial charge in [-0.3, -0.25) is 4.39 Å². The summed E-state index contributed by atoms with van der Waals surface area (Å²) >= 11 is 0. The molecule has 0 radical (unpaired) electrons. The van der Waals surface area contributed by atoms with Gasteiger partial charge in [0.05, 0.1) is 6.67 Å². The number of alkyl halides is 1. The summed E-state index contributed by atoms with van der Waals surface area (Å²) < 4.78 is 11.2. The molecule has 0 aromatic carbocycles. The Hall–Kier alpha value is -0.530. The minimum absolute atomic E-state index is 0.249. The van der Waals surface area contributed by atoms with E-state index in [0.29, 0.717) is 13.0 Å². The van der Waals surface area contributed by atoms with Gasteiger partial charge in [0.25, 0.3) is 0 Å². The summed E-state index contributed by atoms with van der Waals surface area (Å²) in [5.74, 6) is 0. The molecule has 0 aliphatic rings. The molecule has 0 aromatic heterocycles. The van der Waals surface area contributed by atoms with E-state index in [9.17, 15) is 4.39 Å². The van der Waals surface area contributed by atoms with Crippen LogP contribution in [0.3, 0.4) is 0 Å². The van der Waals surface area contributed by atoms with Gasteiger partial charge in [0.15, 0.2) is 0 Å². The van der Waals surface area contributed by atoms with Gasteiger partial charge in [-0.2, -0.15) is 0 Å². The zero-order valence-electron chi connectivity index (χ0n) is 4.28. The van der Waals surface area contributed by atoms with Gasteiger partial charge >= 0.3 is 0 Å². The zero-order chi connectivity index (χ0) is 5.54. The minimum atomic E-state index is -0.249. The molecule has 2 heteroatoms. The SMILES string of the molecule is C=CNCCCF. The Kier molecular flexibility index (Phi) is 5.06. The van der Waals surface area contributed by atoms with E-state index in [1.807, 2.05) is 0 Å². The van der Waals surface area contributed by atoms with Crippen molar-refractivity contribution in [3.05, 3.63) is 12.8 Å². The molecule has 0 saturated carbocycles. The fourth-order valence-electron chi connectivity index (χ4n) is 0.271. The highest BCUT2D eigenvalue weighted by Gasteiger charge is 1.77. The number of hydrogen-bond donors (Lipinski definition) is 1. The van der Waals surface area contributed by atoms with Crippen molar-refractivity contribution in [3.8, 4) is 0 Å². The van der Waals surface area contributed by atoms with Crippen molar-refractivity contribution >= 4 is 0 Å². The van der Waals surface area contributed by atoms with Crippen molar-refractivity contribution in [2.45, 2.75) is 6.42 Å². The summed E-state index contributed by atoms with van der Waals surface area (Å²) in [6, 6.07) is 0. The van der Waals surface area contributed by atoms with Crippen molar-refractivity contribution in [2.75, 3.05) is 13.2 Å². The fourth-order valence-corrected chi connectivity index (χ4v) is 0.271. The van der Waals surface area contributed by atoms with E-state index in [1.165, 1.54) is 0 Å². The molecule has 1 N–H and O–H groups in total. The molecule has 0 unspecified atom stereocenters. The maximum Gasteiger partial charge on any atom is 0.0911 e. The second kappa shape index (κ2) is 5.47. The molecule has 0 atom stereocenters. The second-order valence-corrected chi connectivity index (χ2v) is 1.20. The van der Waals surface area contributed by atoms with E-state index in [2.05, 4.69) is 11.9 Å². The highest BCUT2D eigenvalue weighted by molar-refractivity contribution is 4.61. The van der Waals surface area contributed by atoms with E-state index in [-0.39, 0.29) is 6.67 Å². The molecule has 0 amide bonds. The largest absolute Gasteiger partial charge is 0.391 e. The van der Waals surface area contributed by atoms with Crippen LogP contribution in [-0.2, 0) is 0 Å². The summed E-state index contributed by atoms with van der Waals surface area (Å²) in [6.45, 7) is 3.84. The topological polar surface area (TPSA) is 12.0 Å². The third kappa shape index (κ3) is 5.47. The average Bonchev–Trinajstić information content (AvgIpc) is 1.69. The monoisotopic (exact) mass is 103 g/mol. The minimum Gasteiger partial charge on any atom is -0.391 e. The lowest BCUT2D eigenvalue weighted by Crippen LogP contribution is -2.05. The summed E-state index contributed by atoms with van der Waals surface area (Å²) in [6.07, 6.45) is 2.14. The number of nitrogens with one attached hydrogen (secondary N) is 1. The van der Waals surface area contributed by atoms with Crippen molar-refractivity contribution in [3.63, 3.8) is 0 Å². The highest BCUT2D eigenvalue weighted by Crippen LogP contribution is 1.74. The molecular weight excluding hydrogens is 93.1 g/mol. The first-order chi connectivity index (χ1) is 3.41. The maximum atomic E-state index is 11.2. The van der Waals surface area contributed by atoms with E-state index in [4.69, 9.17) is 0 Å². The standard InChI is InChI=1S/C5H10FN/c1-2-7-5-3-4-6/h2,7H,1,3-5H2. The molecule has 1 nitrogen and oxygen atoms in total. The third-order valence-electron chi connectivity index (χ3n) is 0.599. The van der Waals surface area contributed by atoms with Gasteiger partial charge in [-0.15, -0.1) is 0 Å². The predicted octanol–water partition coefficient (Wildman–Crippen LogP) is 1.08. The smallest absolute Gasteiger partial charge is 0.0911 e. The summed E-state index contributed by atoms with van der Waals surface area (Å²) in [4.78, 5) is 0. The molecule has 0 fully saturated rings. The summed E-state index contributed by atoms with van der Waals surface area (Å²) in [5.41, 5.74) is 0. The normalized spacial score (nSPS) is 8.14. The fraction of sp³-hybridized carbons (Fsp3) is 0.600. The highest BCUT2D eigenvalue weighted by atomic mass is 19.1. The van der Waals surface area contributed by atoms with Gasteiger partial charge in [-0.05, 0) is 12.6 Å². The molecule has 0 spiro atoms. The molecule has 7 heavy (non-hydrogen) atoms. The Bertz CT molecular complexity index is 45.3. The van der Waals surface area contributed by atoms with Gasteiger partial charge < -0.3 is 5.32 Å². The van der Waals surface area contributed by atoms with Crippen LogP contribution < -0.4 is 5.32 Å². The second-order valence-electron chi connectivity index (χ2n) is 1.20. The molecule has 0 aliphatic carbocycles. The summed E-state index contributed by atoms with van der Waals surface area (Å²) in [7, 11) is 0. The van der Waals surface area contributed by atoms with Crippen molar-refractivity contribution in [2.24, 2.45) is 0 Å². The Balaban J connectivity index is 2.56. The van der Waals surface area contributed by atoms with E-state index >= 15 is 0 Å². The van der Waals surface area contributed by atoms with Gasteiger partial charge in [0.2, 0.25) is 0 Å². The molecule has 0 rings (SSSR count). The summed E-state index contributed by atoms with van der Waals surface area (Å²) in [5, 5.41) is 2.77. The lowest BCUT2D eigenvalue weighted by Gasteiger charge is -1.91. The van der Waals surface area contributed by atoms with Crippen LogP contribution in [-0.4, -0.2) is 13.2 Å². The molecular formula is C5H10FN. The van der Waals surface area contributed by atoms with Crippen LogP contribution in [0.25, 0.3) is 0 Å². The molecule has 0 bridgehead atoms. The van der Waals surface area contributed by atoms with Crippen molar-refractivity contribution in [1.82, 2.24) is 5.32 Å². The average molecular weight is 103 g/mol. The zero-order valence-corrected chi connectivity index (χ0v) is 4.28. The first-order valence-electron chi connectivity index (χ1n) is 2.32. The van der Waals surface area contributed by atoms with Crippen LogP contribution in [0.15, 0.2) is 12.8 Å². The molecule has 0 aromatic rings. The lowest BCUT2D eigenvalue weighted by atomic mass is 10.5. The maximum absolute atomic E-state index is 11.2. The van der Waals surface area contributed by atoms with Crippen LogP contribution in [0.5, 0.6) is 0 Å².